The number of hydrogen-bond acceptors (Lipinski definition) is 4. The van der Waals surface area contributed by atoms with Gasteiger partial charge >= 0.3 is 0 Å². The summed E-state index contributed by atoms with van der Waals surface area (Å²) in [6.07, 6.45) is 7.46. The highest BCUT2D eigenvalue weighted by atomic mass is 16.5. The molecule has 1 aromatic heterocycles. The average Bonchev–Trinajstić information content (AvgIpc) is 2.87. The van der Waals surface area contributed by atoms with E-state index < -0.39 is 0 Å². The van der Waals surface area contributed by atoms with Crippen molar-refractivity contribution in [3.63, 3.8) is 0 Å². The number of rotatable bonds is 1. The van der Waals surface area contributed by atoms with Crippen molar-refractivity contribution in [3.8, 4) is 0 Å². The van der Waals surface area contributed by atoms with Gasteiger partial charge in [0.15, 0.2) is 0 Å². The second kappa shape index (κ2) is 4.56. The van der Waals surface area contributed by atoms with E-state index in [1.807, 2.05) is 6.20 Å². The highest BCUT2D eigenvalue weighted by Gasteiger charge is 2.43. The van der Waals surface area contributed by atoms with Crippen molar-refractivity contribution in [1.82, 2.24) is 9.97 Å². The number of nitrogens with zero attached hydrogens (tertiary/aromatic N) is 3. The predicted molar refractivity (Wildman–Crippen MR) is 76.6 cm³/mol. The van der Waals surface area contributed by atoms with Gasteiger partial charge in [0, 0.05) is 18.9 Å². The van der Waals surface area contributed by atoms with E-state index in [2.05, 4.69) is 39.1 Å². The molecule has 4 nitrogen and oxygen atoms in total. The Morgan fingerprint density at radius 2 is 2.15 bits per heavy atom. The first-order chi connectivity index (χ1) is 9.87. The summed E-state index contributed by atoms with van der Waals surface area (Å²) in [5.74, 6) is 0.944. The number of benzene rings is 1. The summed E-state index contributed by atoms with van der Waals surface area (Å²) < 4.78 is 6.21. The van der Waals surface area contributed by atoms with Crippen LogP contribution in [0.4, 0.5) is 5.82 Å². The molecule has 20 heavy (non-hydrogen) atoms. The van der Waals surface area contributed by atoms with Gasteiger partial charge in [0.25, 0.3) is 0 Å². The van der Waals surface area contributed by atoms with Crippen molar-refractivity contribution in [2.24, 2.45) is 0 Å². The van der Waals surface area contributed by atoms with E-state index in [1.165, 1.54) is 11.1 Å². The molecule has 0 N–H and O–H groups in total. The molecule has 0 saturated carbocycles. The van der Waals surface area contributed by atoms with Crippen molar-refractivity contribution in [2.45, 2.75) is 18.4 Å². The average molecular weight is 267 g/mol. The van der Waals surface area contributed by atoms with Crippen molar-refractivity contribution in [3.05, 3.63) is 54.0 Å². The predicted octanol–water partition coefficient (Wildman–Crippen LogP) is 2.15. The Bertz CT molecular complexity index is 612. The number of aromatic nitrogens is 2. The number of hydrogen-bond donors (Lipinski definition) is 0. The zero-order chi connectivity index (χ0) is 13.4. The fourth-order valence-corrected chi connectivity index (χ4v) is 3.40. The third-order valence-electron chi connectivity index (χ3n) is 4.37. The molecule has 1 atom stereocenters. The van der Waals surface area contributed by atoms with Crippen LogP contribution >= 0.6 is 0 Å². The summed E-state index contributed by atoms with van der Waals surface area (Å²) in [7, 11) is 0. The first-order valence-electron chi connectivity index (χ1n) is 7.11. The SMILES string of the molecule is c1ccc2c(c1)CCC21CN(c2cnccn2)CCO1. The first-order valence-corrected chi connectivity index (χ1v) is 7.11. The quantitative estimate of drug-likeness (QED) is 0.793. The lowest BCUT2D eigenvalue weighted by molar-refractivity contribution is -0.0594. The molecule has 2 heterocycles. The Morgan fingerprint density at radius 3 is 3.05 bits per heavy atom. The van der Waals surface area contributed by atoms with Gasteiger partial charge in [-0.05, 0) is 24.0 Å². The Balaban J connectivity index is 1.68. The van der Waals surface area contributed by atoms with Gasteiger partial charge < -0.3 is 9.64 Å². The Morgan fingerprint density at radius 1 is 1.20 bits per heavy atom. The van der Waals surface area contributed by atoms with Crippen molar-refractivity contribution in [2.75, 3.05) is 24.6 Å². The summed E-state index contributed by atoms with van der Waals surface area (Å²) in [6, 6.07) is 8.65. The molecule has 2 aliphatic rings. The minimum absolute atomic E-state index is 0.160. The van der Waals surface area contributed by atoms with Gasteiger partial charge in [-0.15, -0.1) is 0 Å². The topological polar surface area (TPSA) is 38.2 Å². The molecule has 1 aliphatic carbocycles. The largest absolute Gasteiger partial charge is 0.367 e. The standard InChI is InChI=1S/C16H17N3O/c1-2-4-14-13(3-1)5-6-16(14)12-19(9-10-20-16)15-11-17-7-8-18-15/h1-4,7-8,11H,5-6,9-10,12H2. The van der Waals surface area contributed by atoms with Gasteiger partial charge in [0.2, 0.25) is 0 Å². The van der Waals surface area contributed by atoms with Gasteiger partial charge in [0.1, 0.15) is 11.4 Å². The van der Waals surface area contributed by atoms with E-state index in [-0.39, 0.29) is 5.60 Å². The Labute approximate surface area is 118 Å². The first kappa shape index (κ1) is 11.9. The maximum atomic E-state index is 6.21. The molecule has 0 radical (unpaired) electrons. The molecular weight excluding hydrogens is 250 g/mol. The van der Waals surface area contributed by atoms with Crippen LogP contribution in [0, 0.1) is 0 Å². The lowest BCUT2D eigenvalue weighted by Gasteiger charge is -2.41. The molecular formula is C16H17N3O. The number of aryl methyl sites for hydroxylation is 1. The summed E-state index contributed by atoms with van der Waals surface area (Å²) in [4.78, 5) is 10.9. The molecule has 4 rings (SSSR count). The normalized spacial score (nSPS) is 24.9. The maximum Gasteiger partial charge on any atom is 0.147 e. The third-order valence-corrected chi connectivity index (χ3v) is 4.37. The number of morpholine rings is 1. The summed E-state index contributed by atoms with van der Waals surface area (Å²) in [5, 5.41) is 0. The minimum Gasteiger partial charge on any atom is -0.367 e. The Hall–Kier alpha value is -1.94. The molecule has 1 saturated heterocycles. The van der Waals surface area contributed by atoms with Gasteiger partial charge in [-0.3, -0.25) is 4.98 Å². The van der Waals surface area contributed by atoms with E-state index in [0.29, 0.717) is 0 Å². The number of fused-ring (bicyclic) bond motifs is 2. The van der Waals surface area contributed by atoms with Crippen LogP contribution in [0.5, 0.6) is 0 Å². The van der Waals surface area contributed by atoms with E-state index in [4.69, 9.17) is 4.74 Å². The maximum absolute atomic E-state index is 6.21. The second-order valence-electron chi connectivity index (χ2n) is 5.49. The Kier molecular flexibility index (Phi) is 2.70. The van der Waals surface area contributed by atoms with Crippen LogP contribution in [0.2, 0.25) is 0 Å². The molecule has 2 aromatic rings. The van der Waals surface area contributed by atoms with Crippen LogP contribution in [0.25, 0.3) is 0 Å². The molecule has 1 fully saturated rings. The smallest absolute Gasteiger partial charge is 0.147 e. The van der Waals surface area contributed by atoms with Crippen molar-refractivity contribution >= 4 is 5.82 Å². The van der Waals surface area contributed by atoms with Crippen LogP contribution in [0.15, 0.2) is 42.9 Å². The summed E-state index contributed by atoms with van der Waals surface area (Å²) >= 11 is 0. The summed E-state index contributed by atoms with van der Waals surface area (Å²) in [6.45, 7) is 2.48. The fraction of sp³-hybridized carbons (Fsp3) is 0.375. The molecule has 0 bridgehead atoms. The molecule has 1 aliphatic heterocycles. The van der Waals surface area contributed by atoms with E-state index in [0.717, 1.165) is 38.4 Å². The number of ether oxygens (including phenoxy) is 1. The molecule has 1 spiro atoms. The van der Waals surface area contributed by atoms with E-state index in [1.54, 1.807) is 12.4 Å². The van der Waals surface area contributed by atoms with Crippen molar-refractivity contribution in [1.29, 1.82) is 0 Å². The van der Waals surface area contributed by atoms with Crippen LogP contribution < -0.4 is 4.90 Å². The highest BCUT2D eigenvalue weighted by Crippen LogP contribution is 2.42. The molecule has 1 aromatic carbocycles. The fourth-order valence-electron chi connectivity index (χ4n) is 3.40. The van der Waals surface area contributed by atoms with E-state index >= 15 is 0 Å². The number of anilines is 1. The summed E-state index contributed by atoms with van der Waals surface area (Å²) in [5.41, 5.74) is 2.62. The van der Waals surface area contributed by atoms with Gasteiger partial charge in [-0.2, -0.15) is 0 Å². The molecule has 1 unspecified atom stereocenters. The molecule has 0 amide bonds. The minimum atomic E-state index is -0.160. The third kappa shape index (κ3) is 1.79. The van der Waals surface area contributed by atoms with Crippen molar-refractivity contribution < 1.29 is 4.74 Å². The van der Waals surface area contributed by atoms with Crippen LogP contribution in [0.3, 0.4) is 0 Å². The van der Waals surface area contributed by atoms with E-state index in [9.17, 15) is 0 Å². The van der Waals surface area contributed by atoms with Gasteiger partial charge in [0.05, 0.1) is 19.3 Å². The lowest BCUT2D eigenvalue weighted by atomic mass is 9.93. The van der Waals surface area contributed by atoms with Crippen LogP contribution in [0.1, 0.15) is 17.5 Å². The molecule has 4 heteroatoms. The highest BCUT2D eigenvalue weighted by molar-refractivity contribution is 5.43. The zero-order valence-corrected chi connectivity index (χ0v) is 11.3. The monoisotopic (exact) mass is 267 g/mol. The zero-order valence-electron chi connectivity index (χ0n) is 11.3. The second-order valence-corrected chi connectivity index (χ2v) is 5.49. The molecule has 102 valence electrons. The van der Waals surface area contributed by atoms with Gasteiger partial charge in [-0.25, -0.2) is 4.98 Å². The van der Waals surface area contributed by atoms with Gasteiger partial charge in [-0.1, -0.05) is 24.3 Å². The van der Waals surface area contributed by atoms with Crippen LogP contribution in [-0.2, 0) is 16.8 Å². The van der Waals surface area contributed by atoms with Crippen LogP contribution in [-0.4, -0.2) is 29.7 Å². The lowest BCUT2D eigenvalue weighted by Crippen LogP contribution is -2.49.